The highest BCUT2D eigenvalue weighted by atomic mass is 35.5. The minimum Gasteiger partial charge on any atom is -0.481 e. The largest absolute Gasteiger partial charge is 0.481 e. The van der Waals surface area contributed by atoms with E-state index in [1.165, 1.54) is 4.88 Å². The predicted molar refractivity (Wildman–Crippen MR) is 69.6 cm³/mol. The number of carbonyl (C=O) groups is 1. The second-order valence-corrected chi connectivity index (χ2v) is 5.88. The molecule has 0 spiro atoms. The van der Waals surface area contributed by atoms with Crippen LogP contribution in [0.4, 0.5) is 0 Å². The summed E-state index contributed by atoms with van der Waals surface area (Å²) in [6, 6.07) is 2.15. The van der Waals surface area contributed by atoms with Gasteiger partial charge in [-0.05, 0) is 25.5 Å². The highest BCUT2D eigenvalue weighted by Gasteiger charge is 2.24. The number of likely N-dealkylation sites (tertiary alicyclic amines) is 1. The van der Waals surface area contributed by atoms with E-state index in [1.807, 2.05) is 11.4 Å². The Hall–Kier alpha value is -0.580. The van der Waals surface area contributed by atoms with Crippen molar-refractivity contribution in [2.45, 2.75) is 38.3 Å². The number of aliphatic carboxylic acids is 1. The third-order valence-corrected chi connectivity index (χ3v) is 4.41. The van der Waals surface area contributed by atoms with Gasteiger partial charge in [-0.25, -0.2) is 0 Å². The van der Waals surface area contributed by atoms with Crippen LogP contribution in [0.3, 0.4) is 0 Å². The van der Waals surface area contributed by atoms with E-state index in [-0.39, 0.29) is 12.5 Å². The number of rotatable bonds is 4. The molecule has 5 heteroatoms. The molecule has 94 valence electrons. The molecule has 1 unspecified atom stereocenters. The summed E-state index contributed by atoms with van der Waals surface area (Å²) in [6.07, 6.45) is 3.54. The van der Waals surface area contributed by atoms with Gasteiger partial charge >= 0.3 is 5.97 Å². The number of piperidine rings is 1. The fourth-order valence-corrected chi connectivity index (χ4v) is 3.44. The molecule has 1 saturated heterocycles. The van der Waals surface area contributed by atoms with Gasteiger partial charge in [-0.15, -0.1) is 11.3 Å². The van der Waals surface area contributed by atoms with Crippen LogP contribution in [0.15, 0.2) is 11.4 Å². The molecule has 1 N–H and O–H groups in total. The van der Waals surface area contributed by atoms with E-state index in [9.17, 15) is 4.79 Å². The average molecular weight is 274 g/mol. The molecule has 0 aromatic carbocycles. The average Bonchev–Trinajstić information content (AvgIpc) is 2.66. The van der Waals surface area contributed by atoms with Crippen molar-refractivity contribution in [1.82, 2.24) is 4.90 Å². The Morgan fingerprint density at radius 2 is 2.41 bits per heavy atom. The Balaban J connectivity index is 1.98. The van der Waals surface area contributed by atoms with Crippen LogP contribution < -0.4 is 0 Å². The second-order valence-electron chi connectivity index (χ2n) is 4.45. The molecule has 0 saturated carbocycles. The van der Waals surface area contributed by atoms with Crippen molar-refractivity contribution in [3.8, 4) is 0 Å². The first-order chi connectivity index (χ1) is 8.15. The third kappa shape index (κ3) is 3.69. The van der Waals surface area contributed by atoms with E-state index in [1.54, 1.807) is 11.3 Å². The lowest BCUT2D eigenvalue weighted by Gasteiger charge is -2.34. The molecule has 17 heavy (non-hydrogen) atoms. The first-order valence-electron chi connectivity index (χ1n) is 5.84. The number of thiophene rings is 1. The number of carboxylic acid groups (broad SMARTS) is 1. The SMILES string of the molecule is O=C(O)CC1CCCCN1Cc1cc(Cl)cs1. The van der Waals surface area contributed by atoms with Crippen molar-refractivity contribution in [1.29, 1.82) is 0 Å². The summed E-state index contributed by atoms with van der Waals surface area (Å²) in [5.74, 6) is -0.703. The fraction of sp³-hybridized carbons (Fsp3) is 0.583. The van der Waals surface area contributed by atoms with Crippen LogP contribution in [-0.2, 0) is 11.3 Å². The summed E-state index contributed by atoms with van der Waals surface area (Å²) in [4.78, 5) is 14.3. The lowest BCUT2D eigenvalue weighted by atomic mass is 9.99. The molecule has 2 rings (SSSR count). The van der Waals surface area contributed by atoms with Gasteiger partial charge in [0.15, 0.2) is 0 Å². The first kappa shape index (κ1) is 12.9. The van der Waals surface area contributed by atoms with Gasteiger partial charge in [-0.3, -0.25) is 9.69 Å². The quantitative estimate of drug-likeness (QED) is 0.916. The Morgan fingerprint density at radius 3 is 3.06 bits per heavy atom. The molecule has 2 heterocycles. The molecular formula is C12H16ClNO2S. The van der Waals surface area contributed by atoms with E-state index >= 15 is 0 Å². The van der Waals surface area contributed by atoms with Gasteiger partial charge in [-0.1, -0.05) is 18.0 Å². The molecule has 1 aromatic heterocycles. The van der Waals surface area contributed by atoms with Gasteiger partial charge in [-0.2, -0.15) is 0 Å². The zero-order valence-corrected chi connectivity index (χ0v) is 11.1. The van der Waals surface area contributed by atoms with Crippen molar-refractivity contribution in [2.75, 3.05) is 6.54 Å². The molecule has 0 radical (unpaired) electrons. The maximum Gasteiger partial charge on any atom is 0.304 e. The Morgan fingerprint density at radius 1 is 1.59 bits per heavy atom. The highest BCUT2D eigenvalue weighted by Crippen LogP contribution is 2.25. The number of nitrogens with zero attached hydrogens (tertiary/aromatic N) is 1. The summed E-state index contributed by atoms with van der Waals surface area (Å²) < 4.78 is 0. The third-order valence-electron chi connectivity index (χ3n) is 3.14. The number of carboxylic acids is 1. The second kappa shape index (κ2) is 5.85. The summed E-state index contributed by atoms with van der Waals surface area (Å²) in [6.45, 7) is 1.82. The van der Waals surface area contributed by atoms with E-state index in [0.717, 1.165) is 37.4 Å². The van der Waals surface area contributed by atoms with Gasteiger partial charge in [0.25, 0.3) is 0 Å². The van der Waals surface area contributed by atoms with Crippen LogP contribution in [0, 0.1) is 0 Å². The minimum absolute atomic E-state index is 0.183. The lowest BCUT2D eigenvalue weighted by molar-refractivity contribution is -0.138. The summed E-state index contributed by atoms with van der Waals surface area (Å²) in [5, 5.41) is 11.6. The summed E-state index contributed by atoms with van der Waals surface area (Å²) in [7, 11) is 0. The maximum absolute atomic E-state index is 10.8. The topological polar surface area (TPSA) is 40.5 Å². The zero-order chi connectivity index (χ0) is 12.3. The lowest BCUT2D eigenvalue weighted by Crippen LogP contribution is -2.40. The summed E-state index contributed by atoms with van der Waals surface area (Å²) in [5.41, 5.74) is 0. The van der Waals surface area contributed by atoms with Gasteiger partial charge in [0, 0.05) is 22.8 Å². The molecular weight excluding hydrogens is 258 g/mol. The van der Waals surface area contributed by atoms with Crippen molar-refractivity contribution in [2.24, 2.45) is 0 Å². The smallest absolute Gasteiger partial charge is 0.304 e. The van der Waals surface area contributed by atoms with Crippen LogP contribution in [-0.4, -0.2) is 28.6 Å². The molecule has 1 fully saturated rings. The van der Waals surface area contributed by atoms with Crippen LogP contribution in [0.1, 0.15) is 30.6 Å². The van der Waals surface area contributed by atoms with Crippen LogP contribution >= 0.6 is 22.9 Å². The van der Waals surface area contributed by atoms with Crippen LogP contribution in [0.5, 0.6) is 0 Å². The minimum atomic E-state index is -0.703. The van der Waals surface area contributed by atoms with Crippen molar-refractivity contribution >= 4 is 28.9 Å². The van der Waals surface area contributed by atoms with Gasteiger partial charge in [0.2, 0.25) is 0 Å². The maximum atomic E-state index is 10.8. The van der Waals surface area contributed by atoms with Crippen LogP contribution in [0.25, 0.3) is 0 Å². The van der Waals surface area contributed by atoms with E-state index in [2.05, 4.69) is 4.90 Å². The van der Waals surface area contributed by atoms with Gasteiger partial charge < -0.3 is 5.11 Å². The van der Waals surface area contributed by atoms with Crippen LogP contribution in [0.2, 0.25) is 5.02 Å². The Labute approximate surface area is 110 Å². The molecule has 0 bridgehead atoms. The molecule has 0 aliphatic carbocycles. The van der Waals surface area contributed by atoms with E-state index in [0.29, 0.717) is 0 Å². The van der Waals surface area contributed by atoms with E-state index in [4.69, 9.17) is 16.7 Å². The Kier molecular flexibility index (Phi) is 4.42. The fourth-order valence-electron chi connectivity index (χ4n) is 2.34. The number of hydrogen-bond acceptors (Lipinski definition) is 3. The molecule has 1 atom stereocenters. The van der Waals surface area contributed by atoms with Gasteiger partial charge in [0.05, 0.1) is 11.4 Å². The Bertz CT molecular complexity index is 394. The molecule has 3 nitrogen and oxygen atoms in total. The summed E-state index contributed by atoms with van der Waals surface area (Å²) >= 11 is 7.54. The molecule has 0 amide bonds. The highest BCUT2D eigenvalue weighted by molar-refractivity contribution is 7.10. The number of hydrogen-bond donors (Lipinski definition) is 1. The van der Waals surface area contributed by atoms with Crippen molar-refractivity contribution < 1.29 is 9.90 Å². The molecule has 1 aliphatic rings. The monoisotopic (exact) mass is 273 g/mol. The predicted octanol–water partition coefficient (Wildman–Crippen LogP) is 3.23. The number of halogens is 1. The van der Waals surface area contributed by atoms with E-state index < -0.39 is 5.97 Å². The zero-order valence-electron chi connectivity index (χ0n) is 9.56. The normalized spacial score (nSPS) is 21.6. The van der Waals surface area contributed by atoms with Crippen molar-refractivity contribution in [3.05, 3.63) is 21.3 Å². The molecule has 1 aliphatic heterocycles. The first-order valence-corrected chi connectivity index (χ1v) is 7.09. The standard InChI is InChI=1S/C12H16ClNO2S/c13-9-5-11(17-8-9)7-14-4-2-1-3-10(14)6-12(15)16/h5,8,10H,1-4,6-7H2,(H,15,16). The molecule has 1 aromatic rings. The van der Waals surface area contributed by atoms with Crippen molar-refractivity contribution in [3.63, 3.8) is 0 Å². The van der Waals surface area contributed by atoms with Gasteiger partial charge in [0.1, 0.15) is 0 Å².